The van der Waals surface area contributed by atoms with Gasteiger partial charge in [0.15, 0.2) is 0 Å². The van der Waals surface area contributed by atoms with Crippen molar-refractivity contribution in [3.05, 3.63) is 46.1 Å². The van der Waals surface area contributed by atoms with Crippen LogP contribution in [-0.4, -0.2) is 41.6 Å². The third-order valence-electron chi connectivity index (χ3n) is 7.39. The molecule has 0 fully saturated rings. The Labute approximate surface area is 308 Å². The highest BCUT2D eigenvalue weighted by Gasteiger charge is 2.25. The average molecular weight is 957 g/mol. The number of aliphatic carboxylic acids is 1. The molecule has 0 radical (unpaired) electrons. The Balaban J connectivity index is 1.81. The van der Waals surface area contributed by atoms with Crippen LogP contribution >= 0.6 is 67.8 Å². The second-order valence-corrected chi connectivity index (χ2v) is 14.7. The van der Waals surface area contributed by atoms with Gasteiger partial charge in [-0.25, -0.2) is 0 Å². The lowest BCUT2D eigenvalue weighted by molar-refractivity contribution is -0.137. The van der Waals surface area contributed by atoms with Gasteiger partial charge in [-0.05, 0) is 119 Å². The minimum absolute atomic E-state index is 0.0181. The average Bonchev–Trinajstić information content (AvgIpc) is 2.97. The number of carboxylic acid groups (broad SMARTS) is 1. The number of unbranched alkanes of at least 4 members (excludes halogenated alkanes) is 11. The lowest BCUT2D eigenvalue weighted by atomic mass is 10.0. The summed E-state index contributed by atoms with van der Waals surface area (Å²) < 4.78 is 2.26. The molecule has 1 amide bonds. The molecular weight excluding hydrogens is 911 g/mol. The Hall–Kier alpha value is -1.49. The first kappa shape index (κ1) is 39.7. The van der Waals surface area contributed by atoms with Crippen LogP contribution in [0.15, 0.2) is 24.3 Å². The van der Waals surface area contributed by atoms with Crippen LogP contribution in [0.25, 0.3) is 0 Å². The number of aryl methyl sites for hydroxylation is 1. The molecule has 0 saturated heterocycles. The highest BCUT2D eigenvalue weighted by Crippen LogP contribution is 2.39. The molecule has 0 aliphatic rings. The van der Waals surface area contributed by atoms with Gasteiger partial charge in [-0.3, -0.25) is 19.2 Å². The van der Waals surface area contributed by atoms with E-state index < -0.39 is 5.97 Å². The van der Waals surface area contributed by atoms with Gasteiger partial charge in [0.05, 0.1) is 40.7 Å². The molecule has 0 aliphatic heterocycles. The van der Waals surface area contributed by atoms with Crippen molar-refractivity contribution in [2.45, 2.75) is 104 Å². The van der Waals surface area contributed by atoms with Crippen molar-refractivity contribution < 1.29 is 24.3 Å². The summed E-state index contributed by atoms with van der Waals surface area (Å²) in [5.41, 5.74) is 3.85. The Kier molecular flexibility index (Phi) is 19.5. The van der Waals surface area contributed by atoms with Crippen LogP contribution in [0.4, 0.5) is 17.1 Å². The van der Waals surface area contributed by atoms with E-state index in [2.05, 4.69) is 95.9 Å². The molecule has 45 heavy (non-hydrogen) atoms. The normalized spacial score (nSPS) is 10.9. The SMILES string of the molecule is CC(=O)CNc1c(I)c(NCC(C)=O)c(I)c(C(=O)Nc2ccc(CCCCCCCCCCCCCCC(=O)O)cc2)c1I. The summed E-state index contributed by atoms with van der Waals surface area (Å²) in [4.78, 5) is 47.4. The quantitative estimate of drug-likeness (QED) is 0.0647. The van der Waals surface area contributed by atoms with Gasteiger partial charge in [0, 0.05) is 12.1 Å². The number of halogens is 3. The number of amides is 1. The molecule has 2 aromatic rings. The number of hydrogen-bond acceptors (Lipinski definition) is 6. The number of carboxylic acids is 1. The predicted molar refractivity (Wildman–Crippen MR) is 209 cm³/mol. The zero-order chi connectivity index (χ0) is 33.2. The molecule has 248 valence electrons. The fourth-order valence-corrected chi connectivity index (χ4v) is 9.34. The zero-order valence-electron chi connectivity index (χ0n) is 26.3. The van der Waals surface area contributed by atoms with Crippen molar-refractivity contribution in [1.29, 1.82) is 0 Å². The van der Waals surface area contributed by atoms with Crippen molar-refractivity contribution in [2.75, 3.05) is 29.0 Å². The molecule has 0 spiro atoms. The van der Waals surface area contributed by atoms with E-state index in [1.165, 1.54) is 70.8 Å². The van der Waals surface area contributed by atoms with Crippen molar-refractivity contribution in [3.63, 3.8) is 0 Å². The number of hydrogen-bond donors (Lipinski definition) is 4. The summed E-state index contributed by atoms with van der Waals surface area (Å²) in [5.74, 6) is -0.975. The standard InChI is InChI=1S/C34H46I3N3O5/c1-23(41)21-38-32-29(35)28(30(36)33(31(32)37)39-22-24(2)42)34(45)40-26-19-17-25(18-20-26)15-13-11-9-7-5-3-4-6-8-10-12-14-16-27(43)44/h17-20,38-39H,3-16,21-22H2,1-2H3,(H,40,45)(H,43,44). The van der Waals surface area contributed by atoms with E-state index >= 15 is 0 Å². The van der Waals surface area contributed by atoms with Gasteiger partial charge in [0.2, 0.25) is 0 Å². The lowest BCUT2D eigenvalue weighted by Gasteiger charge is -2.20. The molecule has 4 N–H and O–H groups in total. The van der Waals surface area contributed by atoms with Crippen LogP contribution < -0.4 is 16.0 Å². The second-order valence-electron chi connectivity index (χ2n) is 11.5. The van der Waals surface area contributed by atoms with Crippen molar-refractivity contribution in [2.24, 2.45) is 0 Å². The van der Waals surface area contributed by atoms with Crippen LogP contribution in [-0.2, 0) is 20.8 Å². The number of anilines is 3. The predicted octanol–water partition coefficient (Wildman–Crippen LogP) is 9.45. The van der Waals surface area contributed by atoms with E-state index in [1.54, 1.807) is 0 Å². The molecular formula is C34H46I3N3O5. The van der Waals surface area contributed by atoms with Crippen molar-refractivity contribution in [3.8, 4) is 0 Å². The molecule has 0 unspecified atom stereocenters. The molecule has 0 atom stereocenters. The Morgan fingerprint density at radius 1 is 0.622 bits per heavy atom. The number of carbonyl (C=O) groups is 4. The Morgan fingerprint density at radius 2 is 1.04 bits per heavy atom. The molecule has 2 aromatic carbocycles. The zero-order valence-corrected chi connectivity index (χ0v) is 32.8. The fraction of sp³-hybridized carbons (Fsp3) is 0.529. The summed E-state index contributed by atoms with van der Waals surface area (Å²) in [6.07, 6.45) is 15.5. The molecule has 0 saturated carbocycles. The summed E-state index contributed by atoms with van der Waals surface area (Å²) in [5, 5.41) is 18.0. The first-order valence-electron chi connectivity index (χ1n) is 15.8. The molecule has 0 aromatic heterocycles. The van der Waals surface area contributed by atoms with Gasteiger partial charge in [-0.15, -0.1) is 0 Å². The first-order valence-corrected chi connectivity index (χ1v) is 19.0. The van der Waals surface area contributed by atoms with Gasteiger partial charge < -0.3 is 21.1 Å². The maximum absolute atomic E-state index is 13.5. The van der Waals surface area contributed by atoms with Crippen LogP contribution in [0.2, 0.25) is 0 Å². The van der Waals surface area contributed by atoms with Crippen LogP contribution in [0.5, 0.6) is 0 Å². The first-order chi connectivity index (χ1) is 21.5. The van der Waals surface area contributed by atoms with Crippen LogP contribution in [0.3, 0.4) is 0 Å². The van der Waals surface area contributed by atoms with E-state index in [9.17, 15) is 19.2 Å². The number of benzene rings is 2. The number of carbonyl (C=O) groups excluding carboxylic acids is 3. The smallest absolute Gasteiger partial charge is 0.303 e. The van der Waals surface area contributed by atoms with E-state index in [1.807, 2.05) is 12.1 Å². The molecule has 0 aliphatic carbocycles. The van der Waals surface area contributed by atoms with Crippen molar-refractivity contribution in [1.82, 2.24) is 0 Å². The maximum atomic E-state index is 13.5. The number of ketones is 2. The topological polar surface area (TPSA) is 125 Å². The molecule has 2 rings (SSSR count). The molecule has 0 heterocycles. The minimum atomic E-state index is -0.690. The number of rotatable bonds is 23. The highest BCUT2D eigenvalue weighted by atomic mass is 127. The highest BCUT2D eigenvalue weighted by molar-refractivity contribution is 14.1. The minimum Gasteiger partial charge on any atom is -0.481 e. The monoisotopic (exact) mass is 957 g/mol. The fourth-order valence-electron chi connectivity index (χ4n) is 4.92. The molecule has 11 heteroatoms. The van der Waals surface area contributed by atoms with Crippen LogP contribution in [0.1, 0.15) is 113 Å². The van der Waals surface area contributed by atoms with Crippen LogP contribution in [0, 0.1) is 10.7 Å². The van der Waals surface area contributed by atoms with E-state index in [0.29, 0.717) is 29.0 Å². The van der Waals surface area contributed by atoms with Gasteiger partial charge in [-0.1, -0.05) is 76.3 Å². The third kappa shape index (κ3) is 15.3. The lowest BCUT2D eigenvalue weighted by Crippen LogP contribution is -2.21. The number of nitrogens with one attached hydrogen (secondary N) is 3. The Bertz CT molecular complexity index is 1240. The summed E-state index contributed by atoms with van der Waals surface area (Å²) in [6.45, 7) is 3.30. The van der Waals surface area contributed by atoms with E-state index in [4.69, 9.17) is 5.11 Å². The second kappa shape index (κ2) is 22.1. The van der Waals surface area contributed by atoms with Gasteiger partial charge in [0.25, 0.3) is 5.91 Å². The maximum Gasteiger partial charge on any atom is 0.303 e. The molecule has 8 nitrogen and oxygen atoms in total. The number of Topliss-reactive ketones (excluding diaryl/α,β-unsaturated/α-hetero) is 2. The third-order valence-corrected chi connectivity index (χ3v) is 10.6. The summed E-state index contributed by atoms with van der Waals surface area (Å²) in [7, 11) is 0. The van der Waals surface area contributed by atoms with E-state index in [-0.39, 0.29) is 30.6 Å². The Morgan fingerprint density at radius 3 is 1.47 bits per heavy atom. The van der Waals surface area contributed by atoms with Gasteiger partial charge in [0.1, 0.15) is 11.6 Å². The largest absolute Gasteiger partial charge is 0.481 e. The van der Waals surface area contributed by atoms with Crippen molar-refractivity contribution >= 4 is 108 Å². The summed E-state index contributed by atoms with van der Waals surface area (Å²) >= 11 is 6.47. The molecule has 0 bridgehead atoms. The van der Waals surface area contributed by atoms with Gasteiger partial charge in [-0.2, -0.15) is 0 Å². The summed E-state index contributed by atoms with van der Waals surface area (Å²) in [6, 6.07) is 8.02. The van der Waals surface area contributed by atoms with Gasteiger partial charge >= 0.3 is 5.97 Å². The van der Waals surface area contributed by atoms with E-state index in [0.717, 1.165) is 42.8 Å².